The van der Waals surface area contributed by atoms with Crippen LogP contribution >= 0.6 is 11.3 Å². The summed E-state index contributed by atoms with van der Waals surface area (Å²) >= 11 is 1.40. The van der Waals surface area contributed by atoms with Gasteiger partial charge in [-0.15, -0.1) is 11.3 Å². The van der Waals surface area contributed by atoms with E-state index in [1.165, 1.54) is 11.3 Å². The Kier molecular flexibility index (Phi) is 9.23. The van der Waals surface area contributed by atoms with Crippen molar-refractivity contribution in [1.82, 2.24) is 20.1 Å². The number of hydrogen-bond donors (Lipinski definition) is 1. The van der Waals surface area contributed by atoms with Gasteiger partial charge in [-0.05, 0) is 44.4 Å². The molecule has 0 spiro atoms. The smallest absolute Gasteiger partial charge is 0.410 e. The molecule has 2 aliphatic rings. The van der Waals surface area contributed by atoms with Gasteiger partial charge in [0.1, 0.15) is 5.60 Å². The highest BCUT2D eigenvalue weighted by molar-refractivity contribution is 7.91. The molecule has 0 aliphatic carbocycles. The van der Waals surface area contributed by atoms with Crippen molar-refractivity contribution in [2.75, 3.05) is 32.0 Å². The fraction of sp³-hybridized carbons (Fsp3) is 0.607. The van der Waals surface area contributed by atoms with Crippen molar-refractivity contribution < 1.29 is 27.5 Å². The first-order chi connectivity index (χ1) is 18.8. The third kappa shape index (κ3) is 7.20. The number of fused-ring (bicyclic) bond motifs is 1. The Labute approximate surface area is 241 Å². The molecule has 3 heterocycles. The maximum absolute atomic E-state index is 12.9. The van der Waals surface area contributed by atoms with Gasteiger partial charge in [-0.25, -0.2) is 18.2 Å². The molecule has 1 N–H and O–H groups in total. The number of rotatable bonds is 8. The van der Waals surface area contributed by atoms with Crippen LogP contribution in [0.15, 0.2) is 29.2 Å². The van der Waals surface area contributed by atoms with Crippen molar-refractivity contribution in [2.45, 2.75) is 77.3 Å². The maximum Gasteiger partial charge on any atom is 0.410 e. The predicted octanol–water partition coefficient (Wildman–Crippen LogP) is 4.02. The highest BCUT2D eigenvalue weighted by Crippen LogP contribution is 2.41. The van der Waals surface area contributed by atoms with E-state index in [0.717, 1.165) is 16.1 Å². The van der Waals surface area contributed by atoms with Gasteiger partial charge >= 0.3 is 6.09 Å². The summed E-state index contributed by atoms with van der Waals surface area (Å²) in [5, 5.41) is 3.33. The minimum atomic E-state index is -3.26. The van der Waals surface area contributed by atoms with E-state index in [1.807, 2.05) is 20.8 Å². The minimum absolute atomic E-state index is 0.0429. The number of morpholine rings is 1. The second kappa shape index (κ2) is 12.1. The number of carbonyl (C=O) groups excluding carboxylic acids is 2. The molecule has 1 unspecified atom stereocenters. The first kappa shape index (κ1) is 30.4. The highest BCUT2D eigenvalue weighted by Gasteiger charge is 2.39. The monoisotopic (exact) mass is 592 g/mol. The van der Waals surface area contributed by atoms with Gasteiger partial charge in [-0.2, -0.15) is 0 Å². The molecule has 1 fully saturated rings. The third-order valence-electron chi connectivity index (χ3n) is 6.92. The van der Waals surface area contributed by atoms with E-state index in [2.05, 4.69) is 24.1 Å². The number of hydrogen-bond acceptors (Lipinski definition) is 9. The summed E-state index contributed by atoms with van der Waals surface area (Å²) in [6, 6.07) is 6.62. The fourth-order valence-electron chi connectivity index (χ4n) is 5.00. The summed E-state index contributed by atoms with van der Waals surface area (Å²) in [6.45, 7) is 14.5. The highest BCUT2D eigenvalue weighted by atomic mass is 32.2. The first-order valence-electron chi connectivity index (χ1n) is 13.7. The summed E-state index contributed by atoms with van der Waals surface area (Å²) in [7, 11) is -3.26. The fourth-order valence-corrected chi connectivity index (χ4v) is 6.93. The first-order valence-corrected chi connectivity index (χ1v) is 16.2. The maximum atomic E-state index is 12.9. The van der Waals surface area contributed by atoms with Gasteiger partial charge in [0.25, 0.3) is 5.91 Å². The van der Waals surface area contributed by atoms with Gasteiger partial charge < -0.3 is 19.7 Å². The Morgan fingerprint density at radius 3 is 2.55 bits per heavy atom. The van der Waals surface area contributed by atoms with Crippen LogP contribution in [0.2, 0.25) is 0 Å². The Morgan fingerprint density at radius 2 is 1.93 bits per heavy atom. The molecule has 2 atom stereocenters. The van der Waals surface area contributed by atoms with Gasteiger partial charge in [0, 0.05) is 31.1 Å². The van der Waals surface area contributed by atoms with Gasteiger partial charge in [-0.1, -0.05) is 32.9 Å². The van der Waals surface area contributed by atoms with Crippen molar-refractivity contribution in [2.24, 2.45) is 5.92 Å². The standard InChI is InChI=1S/C28H40N4O6S2/c1-7-40(35,36)21-10-8-19(9-11-21)14-29-25(33)26-30-23-22(39-26)17-32(24(23)18(2)3)16-20-15-31(12-13-37-20)27(34)38-28(4,5)6/h8-11,18,20,24H,7,12-17H2,1-6H3,(H,29,33)/t20-,24?/m1/s1. The van der Waals surface area contributed by atoms with Crippen LogP contribution in [0.1, 0.15) is 73.5 Å². The van der Waals surface area contributed by atoms with Gasteiger partial charge in [-0.3, -0.25) is 9.69 Å². The van der Waals surface area contributed by atoms with Gasteiger partial charge in [0.15, 0.2) is 14.8 Å². The van der Waals surface area contributed by atoms with Crippen molar-refractivity contribution in [3.05, 3.63) is 45.4 Å². The third-order valence-corrected chi connectivity index (χ3v) is 9.72. The van der Waals surface area contributed by atoms with E-state index in [9.17, 15) is 18.0 Å². The van der Waals surface area contributed by atoms with E-state index in [-0.39, 0.29) is 47.3 Å². The molecule has 1 aromatic carbocycles. The molecule has 40 heavy (non-hydrogen) atoms. The zero-order chi connectivity index (χ0) is 29.2. The molecule has 1 aromatic heterocycles. The lowest BCUT2D eigenvalue weighted by Gasteiger charge is -2.37. The summed E-state index contributed by atoms with van der Waals surface area (Å²) in [5.74, 6) is 0.0650. The number of nitrogens with one attached hydrogen (secondary N) is 1. The lowest BCUT2D eigenvalue weighted by Crippen LogP contribution is -2.50. The van der Waals surface area contributed by atoms with Crippen LogP contribution in [0.25, 0.3) is 0 Å². The molecule has 2 aliphatic heterocycles. The number of carbonyl (C=O) groups is 2. The zero-order valence-electron chi connectivity index (χ0n) is 24.1. The summed E-state index contributed by atoms with van der Waals surface area (Å²) in [6.07, 6.45) is -0.459. The van der Waals surface area contributed by atoms with Gasteiger partial charge in [0.2, 0.25) is 0 Å². The van der Waals surface area contributed by atoms with Crippen molar-refractivity contribution in [3.8, 4) is 0 Å². The molecular formula is C28H40N4O6S2. The number of aromatic nitrogens is 1. The second-order valence-corrected chi connectivity index (χ2v) is 15.0. The van der Waals surface area contributed by atoms with Crippen LogP contribution in [0, 0.1) is 5.92 Å². The Hall–Kier alpha value is -2.54. The predicted molar refractivity (Wildman–Crippen MR) is 153 cm³/mol. The van der Waals surface area contributed by atoms with Crippen LogP contribution in [0.4, 0.5) is 4.79 Å². The van der Waals surface area contributed by atoms with Crippen LogP contribution < -0.4 is 5.32 Å². The number of ether oxygens (including phenoxy) is 2. The van der Waals surface area contributed by atoms with Crippen molar-refractivity contribution in [3.63, 3.8) is 0 Å². The Bertz CT molecular complexity index is 1320. The van der Waals surface area contributed by atoms with Crippen LogP contribution in [-0.4, -0.2) is 78.9 Å². The van der Waals surface area contributed by atoms with E-state index >= 15 is 0 Å². The molecule has 12 heteroatoms. The molecule has 4 rings (SSSR count). The van der Waals surface area contributed by atoms with Crippen LogP contribution in [0.3, 0.4) is 0 Å². The van der Waals surface area contributed by atoms with Gasteiger partial charge in [0.05, 0.1) is 41.6 Å². The number of sulfone groups is 1. The van der Waals surface area contributed by atoms with Crippen LogP contribution in [0.5, 0.6) is 0 Å². The van der Waals surface area contributed by atoms with E-state index < -0.39 is 15.4 Å². The van der Waals surface area contributed by atoms with E-state index in [4.69, 9.17) is 14.5 Å². The number of benzene rings is 1. The number of amides is 2. The van der Waals surface area contributed by atoms with Crippen molar-refractivity contribution >= 4 is 33.2 Å². The van der Waals surface area contributed by atoms with E-state index in [0.29, 0.717) is 37.8 Å². The average Bonchev–Trinajstić information content (AvgIpc) is 3.44. The lowest BCUT2D eigenvalue weighted by atomic mass is 10.0. The number of thiazole rings is 1. The molecule has 220 valence electrons. The molecule has 2 amide bonds. The van der Waals surface area contributed by atoms with E-state index in [1.54, 1.807) is 36.1 Å². The lowest BCUT2D eigenvalue weighted by molar-refractivity contribution is -0.0578. The molecule has 0 bridgehead atoms. The molecule has 2 aromatic rings. The molecule has 0 saturated carbocycles. The zero-order valence-corrected chi connectivity index (χ0v) is 25.7. The average molecular weight is 593 g/mol. The SMILES string of the molecule is CCS(=O)(=O)c1ccc(CNC(=O)c2nc3c(s2)CN(C[C@H]2CN(C(=O)OC(C)(C)C)CCO2)C3C(C)C)cc1. The summed E-state index contributed by atoms with van der Waals surface area (Å²) in [5.41, 5.74) is 1.19. The Balaban J connectivity index is 1.36. The largest absolute Gasteiger partial charge is 0.444 e. The number of nitrogens with zero attached hydrogens (tertiary/aromatic N) is 3. The molecular weight excluding hydrogens is 552 g/mol. The minimum Gasteiger partial charge on any atom is -0.444 e. The molecule has 1 saturated heterocycles. The van der Waals surface area contributed by atoms with Crippen molar-refractivity contribution in [1.29, 1.82) is 0 Å². The summed E-state index contributed by atoms with van der Waals surface area (Å²) in [4.78, 5) is 35.7. The Morgan fingerprint density at radius 1 is 1.23 bits per heavy atom. The molecule has 10 nitrogen and oxygen atoms in total. The van der Waals surface area contributed by atoms with Crippen LogP contribution in [-0.2, 0) is 32.4 Å². The normalized spacial score (nSPS) is 20.0. The second-order valence-electron chi connectivity index (χ2n) is 11.6. The topological polar surface area (TPSA) is 118 Å². The molecule has 0 radical (unpaired) electrons. The summed E-state index contributed by atoms with van der Waals surface area (Å²) < 4.78 is 35.6. The quantitative estimate of drug-likeness (QED) is 0.489.